The van der Waals surface area contributed by atoms with Crippen LogP contribution in [0.2, 0.25) is 5.02 Å². The van der Waals surface area contributed by atoms with Crippen LogP contribution in [0.5, 0.6) is 0 Å². The lowest BCUT2D eigenvalue weighted by atomic mass is 10.1. The standard InChI is InChI=1S/C22H23ClN2O4/c1-14-8-9-18(11-19(14)23)24-20(26)13-29-22(28)17-10-21(27)25(12-17)15(2)16-6-4-3-5-7-16/h3-9,11,15,17H,10,12-13H2,1-2H3,(H,24,26)/t15-,17-/m0/s1. The van der Waals surface area contributed by atoms with Crippen molar-refractivity contribution in [2.75, 3.05) is 18.5 Å². The van der Waals surface area contributed by atoms with Gasteiger partial charge < -0.3 is 15.0 Å². The van der Waals surface area contributed by atoms with E-state index in [0.29, 0.717) is 10.7 Å². The Morgan fingerprint density at radius 2 is 1.97 bits per heavy atom. The van der Waals surface area contributed by atoms with Gasteiger partial charge in [-0.3, -0.25) is 14.4 Å². The first-order chi connectivity index (χ1) is 13.8. The fourth-order valence-corrected chi connectivity index (χ4v) is 3.48. The number of esters is 1. The average Bonchev–Trinajstić information content (AvgIpc) is 3.11. The molecule has 0 aromatic heterocycles. The molecule has 6 nitrogen and oxygen atoms in total. The maximum Gasteiger partial charge on any atom is 0.311 e. The molecule has 1 N–H and O–H groups in total. The number of carbonyl (C=O) groups excluding carboxylic acids is 3. The Balaban J connectivity index is 1.51. The number of aryl methyl sites for hydroxylation is 1. The molecule has 2 aromatic carbocycles. The lowest BCUT2D eigenvalue weighted by molar-refractivity contribution is -0.151. The van der Waals surface area contributed by atoms with E-state index in [9.17, 15) is 14.4 Å². The zero-order valence-corrected chi connectivity index (χ0v) is 17.1. The highest BCUT2D eigenvalue weighted by Gasteiger charge is 2.38. The molecule has 152 valence electrons. The first-order valence-corrected chi connectivity index (χ1v) is 9.80. The zero-order valence-electron chi connectivity index (χ0n) is 16.4. The van der Waals surface area contributed by atoms with E-state index < -0.39 is 24.4 Å². The van der Waals surface area contributed by atoms with Crippen molar-refractivity contribution in [2.24, 2.45) is 5.92 Å². The van der Waals surface area contributed by atoms with Crippen LogP contribution >= 0.6 is 11.6 Å². The molecule has 0 bridgehead atoms. The first kappa shape index (κ1) is 20.9. The highest BCUT2D eigenvalue weighted by molar-refractivity contribution is 6.31. The number of ether oxygens (including phenoxy) is 1. The minimum Gasteiger partial charge on any atom is -0.455 e. The molecule has 0 spiro atoms. The molecule has 1 heterocycles. The van der Waals surface area contributed by atoms with Crippen LogP contribution in [-0.4, -0.2) is 35.8 Å². The van der Waals surface area contributed by atoms with Crippen LogP contribution in [0.4, 0.5) is 5.69 Å². The molecule has 1 aliphatic rings. The third kappa shape index (κ3) is 5.15. The number of carbonyl (C=O) groups is 3. The maximum absolute atomic E-state index is 12.4. The van der Waals surface area contributed by atoms with Crippen molar-refractivity contribution < 1.29 is 19.1 Å². The van der Waals surface area contributed by atoms with Crippen LogP contribution in [0, 0.1) is 12.8 Å². The summed E-state index contributed by atoms with van der Waals surface area (Å²) in [4.78, 5) is 38.4. The van der Waals surface area contributed by atoms with Crippen molar-refractivity contribution in [3.63, 3.8) is 0 Å². The summed E-state index contributed by atoms with van der Waals surface area (Å²) in [5.74, 6) is -1.67. The topological polar surface area (TPSA) is 75.7 Å². The van der Waals surface area contributed by atoms with Crippen molar-refractivity contribution in [3.8, 4) is 0 Å². The SMILES string of the molecule is Cc1ccc(NC(=O)COC(=O)[C@H]2CC(=O)N([C@@H](C)c3ccccc3)C2)cc1Cl. The van der Waals surface area contributed by atoms with Gasteiger partial charge in [0.25, 0.3) is 5.91 Å². The number of likely N-dealkylation sites (tertiary alicyclic amines) is 1. The van der Waals surface area contributed by atoms with Gasteiger partial charge in [0.1, 0.15) is 0 Å². The van der Waals surface area contributed by atoms with E-state index in [-0.39, 0.29) is 24.9 Å². The van der Waals surface area contributed by atoms with E-state index in [1.165, 1.54) is 0 Å². The van der Waals surface area contributed by atoms with Gasteiger partial charge in [-0.25, -0.2) is 0 Å². The molecule has 2 amide bonds. The smallest absolute Gasteiger partial charge is 0.311 e. The molecule has 7 heteroatoms. The molecular formula is C22H23ClN2O4. The second kappa shape index (κ2) is 9.09. The van der Waals surface area contributed by atoms with E-state index in [1.807, 2.05) is 44.2 Å². The van der Waals surface area contributed by atoms with E-state index in [0.717, 1.165) is 11.1 Å². The van der Waals surface area contributed by atoms with Crippen molar-refractivity contribution in [1.29, 1.82) is 0 Å². The van der Waals surface area contributed by atoms with Crippen LogP contribution in [0.3, 0.4) is 0 Å². The normalized spacial score (nSPS) is 17.1. The lowest BCUT2D eigenvalue weighted by Gasteiger charge is -2.25. The highest BCUT2D eigenvalue weighted by Crippen LogP contribution is 2.29. The van der Waals surface area contributed by atoms with Gasteiger partial charge in [0.05, 0.1) is 12.0 Å². The van der Waals surface area contributed by atoms with Crippen LogP contribution in [0.25, 0.3) is 0 Å². The molecule has 29 heavy (non-hydrogen) atoms. The molecule has 1 aliphatic heterocycles. The number of anilines is 1. The third-order valence-electron chi connectivity index (χ3n) is 5.04. The van der Waals surface area contributed by atoms with E-state index >= 15 is 0 Å². The Bertz CT molecular complexity index is 916. The Kier molecular flexibility index (Phi) is 6.54. The summed E-state index contributed by atoms with van der Waals surface area (Å²) >= 11 is 6.03. The zero-order chi connectivity index (χ0) is 21.0. The van der Waals surface area contributed by atoms with Gasteiger partial charge in [-0.1, -0.05) is 48.0 Å². The maximum atomic E-state index is 12.4. The van der Waals surface area contributed by atoms with E-state index in [2.05, 4.69) is 5.32 Å². The quantitative estimate of drug-likeness (QED) is 0.730. The molecule has 0 saturated carbocycles. The molecule has 2 aromatic rings. The predicted octanol–water partition coefficient (Wildman–Crippen LogP) is 3.74. The number of benzene rings is 2. The Morgan fingerprint density at radius 3 is 2.66 bits per heavy atom. The van der Waals surface area contributed by atoms with Crippen LogP contribution in [0.1, 0.15) is 30.5 Å². The lowest BCUT2D eigenvalue weighted by Crippen LogP contribution is -2.30. The molecule has 1 fully saturated rings. The largest absolute Gasteiger partial charge is 0.455 e. The number of nitrogens with one attached hydrogen (secondary N) is 1. The summed E-state index contributed by atoms with van der Waals surface area (Å²) < 4.78 is 5.13. The molecule has 1 saturated heterocycles. The van der Waals surface area contributed by atoms with Crippen molar-refractivity contribution >= 4 is 35.1 Å². The summed E-state index contributed by atoms with van der Waals surface area (Å²) in [5.41, 5.74) is 2.43. The van der Waals surface area contributed by atoms with Gasteiger partial charge in [0.15, 0.2) is 6.61 Å². The molecule has 0 unspecified atom stereocenters. The van der Waals surface area contributed by atoms with Gasteiger partial charge in [0, 0.05) is 23.7 Å². The molecule has 0 aliphatic carbocycles. The summed E-state index contributed by atoms with van der Waals surface area (Å²) in [5, 5.41) is 3.17. The summed E-state index contributed by atoms with van der Waals surface area (Å²) in [6.45, 7) is 3.66. The third-order valence-corrected chi connectivity index (χ3v) is 5.45. The van der Waals surface area contributed by atoms with Gasteiger partial charge in [0.2, 0.25) is 5.91 Å². The summed E-state index contributed by atoms with van der Waals surface area (Å²) in [6, 6.07) is 14.7. The van der Waals surface area contributed by atoms with Gasteiger partial charge in [-0.05, 0) is 37.1 Å². The number of hydrogen-bond acceptors (Lipinski definition) is 4. The number of halogens is 1. The summed E-state index contributed by atoms with van der Waals surface area (Å²) in [7, 11) is 0. The number of nitrogens with zero attached hydrogens (tertiary/aromatic N) is 1. The van der Waals surface area contributed by atoms with E-state index in [1.54, 1.807) is 23.1 Å². The van der Waals surface area contributed by atoms with Gasteiger partial charge in [-0.2, -0.15) is 0 Å². The monoisotopic (exact) mass is 414 g/mol. The highest BCUT2D eigenvalue weighted by atomic mass is 35.5. The fraction of sp³-hybridized carbons (Fsp3) is 0.318. The number of hydrogen-bond donors (Lipinski definition) is 1. The number of amides is 2. The second-order valence-corrected chi connectivity index (χ2v) is 7.56. The number of rotatable bonds is 6. The first-order valence-electron chi connectivity index (χ1n) is 9.42. The molecule has 2 atom stereocenters. The predicted molar refractivity (Wildman–Crippen MR) is 110 cm³/mol. The molecular weight excluding hydrogens is 392 g/mol. The Hall–Kier alpha value is -2.86. The minimum atomic E-state index is -0.574. The van der Waals surface area contributed by atoms with Crippen molar-refractivity contribution in [1.82, 2.24) is 4.90 Å². The Labute approximate surface area is 174 Å². The molecule has 0 radical (unpaired) electrons. The van der Waals surface area contributed by atoms with Gasteiger partial charge in [-0.15, -0.1) is 0 Å². The molecule has 3 rings (SSSR count). The van der Waals surface area contributed by atoms with Crippen LogP contribution < -0.4 is 5.32 Å². The van der Waals surface area contributed by atoms with Crippen molar-refractivity contribution in [3.05, 3.63) is 64.7 Å². The van der Waals surface area contributed by atoms with Crippen LogP contribution in [-0.2, 0) is 19.1 Å². The van der Waals surface area contributed by atoms with E-state index in [4.69, 9.17) is 16.3 Å². The van der Waals surface area contributed by atoms with Crippen molar-refractivity contribution in [2.45, 2.75) is 26.3 Å². The Morgan fingerprint density at radius 1 is 1.24 bits per heavy atom. The average molecular weight is 415 g/mol. The van der Waals surface area contributed by atoms with Gasteiger partial charge >= 0.3 is 5.97 Å². The van der Waals surface area contributed by atoms with Crippen LogP contribution in [0.15, 0.2) is 48.5 Å². The minimum absolute atomic E-state index is 0.0885. The second-order valence-electron chi connectivity index (χ2n) is 7.15. The fourth-order valence-electron chi connectivity index (χ4n) is 3.30. The summed E-state index contributed by atoms with van der Waals surface area (Å²) in [6.07, 6.45) is 0.0885.